The zero-order valence-corrected chi connectivity index (χ0v) is 20.9. The van der Waals surface area contributed by atoms with Crippen LogP contribution in [0.15, 0.2) is 65.7 Å². The van der Waals surface area contributed by atoms with Gasteiger partial charge in [0.2, 0.25) is 0 Å². The largest absolute Gasteiger partial charge is 0.457 e. The Morgan fingerprint density at radius 1 is 1.03 bits per heavy atom. The molecule has 1 unspecified atom stereocenters. The third kappa shape index (κ3) is 4.98. The van der Waals surface area contributed by atoms with Crippen LogP contribution in [0.5, 0.6) is 11.5 Å². The average molecular weight is 441 g/mol. The fourth-order valence-corrected chi connectivity index (χ4v) is 4.98. The Morgan fingerprint density at radius 3 is 2.45 bits per heavy atom. The van der Waals surface area contributed by atoms with Crippen LogP contribution in [0.1, 0.15) is 68.7 Å². The first-order chi connectivity index (χ1) is 15.8. The van der Waals surface area contributed by atoms with Crippen LogP contribution in [-0.4, -0.2) is 18.3 Å². The van der Waals surface area contributed by atoms with Gasteiger partial charge in [-0.3, -0.25) is 4.99 Å². The van der Waals surface area contributed by atoms with E-state index in [0.717, 1.165) is 35.7 Å². The highest BCUT2D eigenvalue weighted by Gasteiger charge is 2.36. The summed E-state index contributed by atoms with van der Waals surface area (Å²) in [5.74, 6) is 2.24. The maximum Gasteiger partial charge on any atom is 0.130 e. The van der Waals surface area contributed by atoms with E-state index in [1.54, 1.807) is 0 Å². The molecule has 1 aliphatic rings. The van der Waals surface area contributed by atoms with Gasteiger partial charge in [-0.25, -0.2) is 0 Å². The summed E-state index contributed by atoms with van der Waals surface area (Å²) in [6, 6.07) is 20.7. The predicted octanol–water partition coefficient (Wildman–Crippen LogP) is 8.35. The number of hydrogen-bond acceptors (Lipinski definition) is 3. The number of benzene rings is 3. The quantitative estimate of drug-likeness (QED) is 0.360. The molecule has 0 N–H and O–H groups in total. The van der Waals surface area contributed by atoms with Gasteiger partial charge in [-0.15, -0.1) is 0 Å². The molecule has 3 aromatic rings. The van der Waals surface area contributed by atoms with Gasteiger partial charge in [0.05, 0.1) is 5.69 Å². The number of aryl methyl sites for hydroxylation is 2. The van der Waals surface area contributed by atoms with Gasteiger partial charge in [0.15, 0.2) is 0 Å². The predicted molar refractivity (Wildman–Crippen MR) is 141 cm³/mol. The molecule has 4 rings (SSSR count). The maximum absolute atomic E-state index is 6.01. The van der Waals surface area contributed by atoms with Crippen LogP contribution in [0, 0.1) is 13.8 Å². The summed E-state index contributed by atoms with van der Waals surface area (Å²) in [4.78, 5) is 7.37. The number of para-hydroxylation sites is 1. The number of nitrogens with zero attached hydrogens (tertiary/aromatic N) is 2. The van der Waals surface area contributed by atoms with Gasteiger partial charge in [0.25, 0.3) is 0 Å². The van der Waals surface area contributed by atoms with Crippen LogP contribution in [0.2, 0.25) is 0 Å². The van der Waals surface area contributed by atoms with Crippen molar-refractivity contribution < 1.29 is 4.74 Å². The average Bonchev–Trinajstić information content (AvgIpc) is 2.78. The first-order valence-electron chi connectivity index (χ1n) is 12.1. The molecule has 33 heavy (non-hydrogen) atoms. The third-order valence-electron chi connectivity index (χ3n) is 6.73. The fourth-order valence-electron chi connectivity index (χ4n) is 4.98. The van der Waals surface area contributed by atoms with Gasteiger partial charge in [0, 0.05) is 24.0 Å². The molecule has 0 saturated heterocycles. The standard InChI is InChI=1S/C30H36N2O/c1-7-16-32-28-17-22(3)24(18-27(28)23(4)19-30(32,5)6)20-31-25-12-14-26(15-13-25)33-29-11-9-8-10-21(29)2/h8-15,17-18,20,23H,7,16,19H2,1-6H3. The minimum atomic E-state index is 0.187. The summed E-state index contributed by atoms with van der Waals surface area (Å²) in [5.41, 5.74) is 7.53. The molecule has 0 saturated carbocycles. The Hall–Kier alpha value is -3.07. The Labute approximate surface area is 199 Å². The summed E-state index contributed by atoms with van der Waals surface area (Å²) in [6.45, 7) is 14.7. The second kappa shape index (κ2) is 9.43. The van der Waals surface area contributed by atoms with E-state index >= 15 is 0 Å². The van der Waals surface area contributed by atoms with Crippen molar-refractivity contribution >= 4 is 17.6 Å². The SMILES string of the molecule is CCCN1c2cc(C)c(C=Nc3ccc(Oc4ccccc4C)cc3)cc2C(C)CC1(C)C. The van der Waals surface area contributed by atoms with E-state index in [1.807, 2.05) is 48.7 Å². The molecule has 0 radical (unpaired) electrons. The molecule has 0 spiro atoms. The molecule has 0 aromatic heterocycles. The van der Waals surface area contributed by atoms with Crippen molar-refractivity contribution in [3.8, 4) is 11.5 Å². The van der Waals surface area contributed by atoms with Crippen molar-refractivity contribution in [1.29, 1.82) is 0 Å². The molecule has 0 amide bonds. The molecule has 1 aliphatic heterocycles. The zero-order valence-electron chi connectivity index (χ0n) is 20.9. The maximum atomic E-state index is 6.01. The van der Waals surface area contributed by atoms with Crippen molar-refractivity contribution in [2.24, 2.45) is 4.99 Å². The molecule has 1 heterocycles. The summed E-state index contributed by atoms with van der Waals surface area (Å²) in [5, 5.41) is 0. The number of fused-ring (bicyclic) bond motifs is 1. The number of anilines is 1. The van der Waals surface area contributed by atoms with Gasteiger partial charge in [-0.2, -0.15) is 0 Å². The summed E-state index contributed by atoms with van der Waals surface area (Å²) < 4.78 is 6.01. The number of ether oxygens (including phenoxy) is 1. The van der Waals surface area contributed by atoms with Gasteiger partial charge < -0.3 is 9.64 Å². The summed E-state index contributed by atoms with van der Waals surface area (Å²) in [6.07, 6.45) is 4.33. The summed E-state index contributed by atoms with van der Waals surface area (Å²) >= 11 is 0. The lowest BCUT2D eigenvalue weighted by molar-refractivity contribution is 0.376. The van der Waals surface area contributed by atoms with Crippen LogP contribution < -0.4 is 9.64 Å². The van der Waals surface area contributed by atoms with Gasteiger partial charge in [-0.1, -0.05) is 32.0 Å². The van der Waals surface area contributed by atoms with Crippen molar-refractivity contribution in [1.82, 2.24) is 0 Å². The Bertz CT molecular complexity index is 1140. The van der Waals surface area contributed by atoms with E-state index in [-0.39, 0.29) is 5.54 Å². The lowest BCUT2D eigenvalue weighted by Gasteiger charge is -2.48. The van der Waals surface area contributed by atoms with E-state index in [9.17, 15) is 0 Å². The molecule has 1 atom stereocenters. The van der Waals surface area contributed by atoms with Crippen LogP contribution in [-0.2, 0) is 0 Å². The van der Waals surface area contributed by atoms with E-state index in [1.165, 1.54) is 28.8 Å². The fraction of sp³-hybridized carbons (Fsp3) is 0.367. The monoisotopic (exact) mass is 440 g/mol. The van der Waals surface area contributed by atoms with E-state index in [4.69, 9.17) is 9.73 Å². The molecule has 3 heteroatoms. The molecule has 0 bridgehead atoms. The van der Waals surface area contributed by atoms with E-state index < -0.39 is 0 Å². The minimum Gasteiger partial charge on any atom is -0.457 e. The highest BCUT2D eigenvalue weighted by molar-refractivity contribution is 5.86. The Balaban J connectivity index is 1.55. The number of hydrogen-bond donors (Lipinski definition) is 0. The molecule has 0 fully saturated rings. The Morgan fingerprint density at radius 2 is 1.76 bits per heavy atom. The van der Waals surface area contributed by atoms with Gasteiger partial charge >= 0.3 is 0 Å². The third-order valence-corrected chi connectivity index (χ3v) is 6.73. The van der Waals surface area contributed by atoms with Crippen molar-refractivity contribution in [3.05, 3.63) is 82.9 Å². The minimum absolute atomic E-state index is 0.187. The second-order valence-corrected chi connectivity index (χ2v) is 9.96. The normalized spacial score (nSPS) is 17.3. The lowest BCUT2D eigenvalue weighted by atomic mass is 9.79. The van der Waals surface area contributed by atoms with Crippen molar-refractivity contribution in [3.63, 3.8) is 0 Å². The van der Waals surface area contributed by atoms with Crippen LogP contribution in [0.4, 0.5) is 11.4 Å². The number of rotatable bonds is 6. The Kier molecular flexibility index (Phi) is 6.60. The van der Waals surface area contributed by atoms with Gasteiger partial charge in [0.1, 0.15) is 11.5 Å². The zero-order chi connectivity index (χ0) is 23.6. The van der Waals surface area contributed by atoms with Crippen LogP contribution in [0.25, 0.3) is 0 Å². The first-order valence-corrected chi connectivity index (χ1v) is 12.1. The van der Waals surface area contributed by atoms with Crippen LogP contribution in [0.3, 0.4) is 0 Å². The second-order valence-electron chi connectivity index (χ2n) is 9.96. The topological polar surface area (TPSA) is 24.8 Å². The van der Waals surface area contributed by atoms with E-state index in [2.05, 4.69) is 64.6 Å². The first kappa shape index (κ1) is 23.1. The molecular formula is C30H36N2O. The smallest absolute Gasteiger partial charge is 0.130 e. The molecule has 3 aromatic carbocycles. The highest BCUT2D eigenvalue weighted by atomic mass is 16.5. The highest BCUT2D eigenvalue weighted by Crippen LogP contribution is 2.44. The van der Waals surface area contributed by atoms with E-state index in [0.29, 0.717) is 5.92 Å². The summed E-state index contributed by atoms with van der Waals surface area (Å²) in [7, 11) is 0. The van der Waals surface area contributed by atoms with Crippen molar-refractivity contribution in [2.75, 3.05) is 11.4 Å². The molecule has 3 nitrogen and oxygen atoms in total. The van der Waals surface area contributed by atoms with Gasteiger partial charge in [-0.05, 0) is 111 Å². The van der Waals surface area contributed by atoms with Crippen LogP contribution >= 0.6 is 0 Å². The lowest BCUT2D eigenvalue weighted by Crippen LogP contribution is -2.48. The molecule has 172 valence electrons. The van der Waals surface area contributed by atoms with Crippen molar-refractivity contribution in [2.45, 2.75) is 65.8 Å². The molecular weight excluding hydrogens is 404 g/mol. The molecule has 0 aliphatic carbocycles. The number of aliphatic imine (C=N–C) groups is 1.